The molecule has 25 heavy (non-hydrogen) atoms. The Morgan fingerprint density at radius 1 is 1.28 bits per heavy atom. The number of likely N-dealkylation sites (tertiary alicyclic amines) is 1. The summed E-state index contributed by atoms with van der Waals surface area (Å²) in [5.41, 5.74) is -0.550. The maximum absolute atomic E-state index is 14.1. The van der Waals surface area contributed by atoms with Crippen molar-refractivity contribution in [1.82, 2.24) is 10.2 Å². The molecule has 1 heterocycles. The van der Waals surface area contributed by atoms with Crippen LogP contribution in [-0.4, -0.2) is 46.9 Å². The lowest BCUT2D eigenvalue weighted by molar-refractivity contribution is -0.145. The molecule has 6 nitrogen and oxygen atoms in total. The standard InChI is InChI=1S/C18H21FN2O4/c19-13-6-2-1-5-12(13)18(8-9-18)17(25)20-14-7-3-4-10-21(16(14)24)11-15(22)23/h1-2,5-6,14H,3-4,7-11H2,(H,20,25)(H,22,23). The first-order valence-electron chi connectivity index (χ1n) is 8.50. The Labute approximate surface area is 145 Å². The van der Waals surface area contributed by atoms with E-state index >= 15 is 0 Å². The van der Waals surface area contributed by atoms with Crippen LogP contribution in [0.4, 0.5) is 4.39 Å². The molecule has 0 spiro atoms. The van der Waals surface area contributed by atoms with Gasteiger partial charge in [0.05, 0.1) is 5.41 Å². The number of carbonyl (C=O) groups excluding carboxylic acids is 2. The van der Waals surface area contributed by atoms with E-state index in [0.717, 1.165) is 6.42 Å². The molecule has 3 rings (SSSR count). The molecule has 1 saturated carbocycles. The molecule has 0 aromatic heterocycles. The predicted octanol–water partition coefficient (Wildman–Crippen LogP) is 1.44. The molecule has 1 aromatic carbocycles. The Morgan fingerprint density at radius 2 is 2.00 bits per heavy atom. The topological polar surface area (TPSA) is 86.7 Å². The lowest BCUT2D eigenvalue weighted by Gasteiger charge is -2.25. The fourth-order valence-corrected chi connectivity index (χ4v) is 3.45. The number of halogens is 1. The zero-order valence-corrected chi connectivity index (χ0v) is 13.8. The third-order valence-corrected chi connectivity index (χ3v) is 4.99. The first kappa shape index (κ1) is 17.4. The third-order valence-electron chi connectivity index (χ3n) is 4.99. The smallest absolute Gasteiger partial charge is 0.323 e. The van der Waals surface area contributed by atoms with Gasteiger partial charge in [0.15, 0.2) is 0 Å². The van der Waals surface area contributed by atoms with Gasteiger partial charge in [-0.05, 0) is 38.2 Å². The van der Waals surface area contributed by atoms with E-state index in [4.69, 9.17) is 5.11 Å². The number of hydrogen-bond acceptors (Lipinski definition) is 3. The fraction of sp³-hybridized carbons (Fsp3) is 0.500. The van der Waals surface area contributed by atoms with E-state index in [9.17, 15) is 18.8 Å². The van der Waals surface area contributed by atoms with Crippen molar-refractivity contribution < 1.29 is 23.9 Å². The number of aliphatic carboxylic acids is 1. The second-order valence-electron chi connectivity index (χ2n) is 6.74. The Kier molecular flexibility index (Phi) is 4.74. The Morgan fingerprint density at radius 3 is 2.64 bits per heavy atom. The van der Waals surface area contributed by atoms with Gasteiger partial charge in [-0.3, -0.25) is 14.4 Å². The van der Waals surface area contributed by atoms with Crippen LogP contribution in [0.25, 0.3) is 0 Å². The number of benzene rings is 1. The molecule has 134 valence electrons. The molecule has 2 amide bonds. The van der Waals surface area contributed by atoms with Gasteiger partial charge >= 0.3 is 5.97 Å². The van der Waals surface area contributed by atoms with Gasteiger partial charge < -0.3 is 15.3 Å². The van der Waals surface area contributed by atoms with Crippen molar-refractivity contribution in [3.8, 4) is 0 Å². The molecule has 1 atom stereocenters. The highest BCUT2D eigenvalue weighted by Crippen LogP contribution is 2.49. The second-order valence-corrected chi connectivity index (χ2v) is 6.74. The van der Waals surface area contributed by atoms with Gasteiger partial charge in [-0.25, -0.2) is 4.39 Å². The number of carboxylic acids is 1. The van der Waals surface area contributed by atoms with Crippen molar-refractivity contribution in [3.05, 3.63) is 35.6 Å². The molecule has 7 heteroatoms. The fourth-order valence-electron chi connectivity index (χ4n) is 3.45. The Hall–Kier alpha value is -2.44. The van der Waals surface area contributed by atoms with Crippen molar-refractivity contribution >= 4 is 17.8 Å². The van der Waals surface area contributed by atoms with Crippen LogP contribution in [-0.2, 0) is 19.8 Å². The molecule has 1 unspecified atom stereocenters. The minimum absolute atomic E-state index is 0.354. The zero-order valence-electron chi connectivity index (χ0n) is 13.8. The molecule has 1 aliphatic carbocycles. The SMILES string of the molecule is O=C(O)CN1CCCCC(NC(=O)C2(c3ccccc3F)CC2)C1=O. The van der Waals surface area contributed by atoms with Crippen molar-refractivity contribution in [2.45, 2.75) is 43.6 Å². The van der Waals surface area contributed by atoms with Gasteiger partial charge in [0, 0.05) is 12.1 Å². The number of hydrogen-bond donors (Lipinski definition) is 2. The number of nitrogens with zero attached hydrogens (tertiary/aromatic N) is 1. The molecule has 2 fully saturated rings. The molecular weight excluding hydrogens is 327 g/mol. The van der Waals surface area contributed by atoms with Gasteiger partial charge in [-0.2, -0.15) is 0 Å². The van der Waals surface area contributed by atoms with E-state index in [1.165, 1.54) is 11.0 Å². The lowest BCUT2D eigenvalue weighted by atomic mass is 9.93. The molecule has 1 saturated heterocycles. The van der Waals surface area contributed by atoms with E-state index < -0.39 is 23.2 Å². The van der Waals surface area contributed by atoms with E-state index in [-0.39, 0.29) is 18.4 Å². The van der Waals surface area contributed by atoms with Crippen molar-refractivity contribution in [3.63, 3.8) is 0 Å². The summed E-state index contributed by atoms with van der Waals surface area (Å²) in [5.74, 6) is -2.23. The first-order valence-corrected chi connectivity index (χ1v) is 8.50. The minimum Gasteiger partial charge on any atom is -0.480 e. The number of nitrogens with one attached hydrogen (secondary N) is 1. The van der Waals surface area contributed by atoms with Crippen LogP contribution in [0.3, 0.4) is 0 Å². The van der Waals surface area contributed by atoms with Crippen LogP contribution >= 0.6 is 0 Å². The highest BCUT2D eigenvalue weighted by Gasteiger charge is 2.53. The molecule has 2 N–H and O–H groups in total. The molecule has 2 aliphatic rings. The van der Waals surface area contributed by atoms with E-state index in [1.54, 1.807) is 18.2 Å². The first-order chi connectivity index (χ1) is 11.9. The average Bonchev–Trinajstić information content (AvgIpc) is 3.38. The number of rotatable bonds is 5. The van der Waals surface area contributed by atoms with Crippen LogP contribution in [0.5, 0.6) is 0 Å². The average molecular weight is 348 g/mol. The van der Waals surface area contributed by atoms with Gasteiger partial charge in [0.2, 0.25) is 11.8 Å². The Balaban J connectivity index is 1.74. The number of carboxylic acid groups (broad SMARTS) is 1. The summed E-state index contributed by atoms with van der Waals surface area (Å²) >= 11 is 0. The summed E-state index contributed by atoms with van der Waals surface area (Å²) in [6.45, 7) is -0.000377. The monoisotopic (exact) mass is 348 g/mol. The van der Waals surface area contributed by atoms with E-state index in [1.807, 2.05) is 0 Å². The van der Waals surface area contributed by atoms with Gasteiger partial charge in [-0.15, -0.1) is 0 Å². The molecule has 1 aromatic rings. The van der Waals surface area contributed by atoms with Gasteiger partial charge in [-0.1, -0.05) is 18.2 Å². The summed E-state index contributed by atoms with van der Waals surface area (Å²) < 4.78 is 14.1. The molecule has 0 radical (unpaired) electrons. The van der Waals surface area contributed by atoms with Crippen LogP contribution < -0.4 is 5.32 Å². The Bertz CT molecular complexity index is 702. The van der Waals surface area contributed by atoms with Crippen LogP contribution in [0, 0.1) is 5.82 Å². The highest BCUT2D eigenvalue weighted by atomic mass is 19.1. The van der Waals surface area contributed by atoms with Crippen LogP contribution in [0.1, 0.15) is 37.7 Å². The van der Waals surface area contributed by atoms with Gasteiger partial charge in [0.25, 0.3) is 0 Å². The quantitative estimate of drug-likeness (QED) is 0.843. The molecular formula is C18H21FN2O4. The van der Waals surface area contributed by atoms with Crippen molar-refractivity contribution in [1.29, 1.82) is 0 Å². The summed E-state index contributed by atoms with van der Waals surface area (Å²) in [7, 11) is 0. The maximum atomic E-state index is 14.1. The third kappa shape index (κ3) is 3.50. The van der Waals surface area contributed by atoms with Crippen LogP contribution in [0.2, 0.25) is 0 Å². The number of amides is 2. The normalized spacial score (nSPS) is 22.2. The lowest BCUT2D eigenvalue weighted by Crippen LogP contribution is -2.51. The predicted molar refractivity (Wildman–Crippen MR) is 87.3 cm³/mol. The van der Waals surface area contributed by atoms with Gasteiger partial charge in [0.1, 0.15) is 18.4 Å². The summed E-state index contributed by atoms with van der Waals surface area (Å²) in [6, 6.07) is 5.45. The minimum atomic E-state index is -1.08. The van der Waals surface area contributed by atoms with Crippen molar-refractivity contribution in [2.24, 2.45) is 0 Å². The van der Waals surface area contributed by atoms with E-state index in [0.29, 0.717) is 37.8 Å². The molecule has 0 bridgehead atoms. The summed E-state index contributed by atoms with van der Waals surface area (Å²) in [4.78, 5) is 37.5. The highest BCUT2D eigenvalue weighted by molar-refractivity contribution is 5.95. The van der Waals surface area contributed by atoms with Crippen molar-refractivity contribution in [2.75, 3.05) is 13.1 Å². The zero-order chi connectivity index (χ0) is 18.0. The summed E-state index contributed by atoms with van der Waals surface area (Å²) in [5, 5.41) is 11.7. The second kappa shape index (κ2) is 6.82. The summed E-state index contributed by atoms with van der Waals surface area (Å²) in [6.07, 6.45) is 2.97. The molecule has 1 aliphatic heterocycles. The van der Waals surface area contributed by atoms with E-state index in [2.05, 4.69) is 5.32 Å². The van der Waals surface area contributed by atoms with Crippen LogP contribution in [0.15, 0.2) is 24.3 Å². The maximum Gasteiger partial charge on any atom is 0.323 e. The number of carbonyl (C=O) groups is 3. The largest absolute Gasteiger partial charge is 0.480 e.